The fourth-order valence-electron chi connectivity index (χ4n) is 3.46. The van der Waals surface area contributed by atoms with Crippen LogP contribution in [0.1, 0.15) is 19.8 Å². The van der Waals surface area contributed by atoms with E-state index >= 15 is 0 Å². The highest BCUT2D eigenvalue weighted by atomic mass is 19.1. The Bertz CT molecular complexity index is 1020. The molecule has 0 saturated carbocycles. The zero-order valence-electron chi connectivity index (χ0n) is 15.9. The van der Waals surface area contributed by atoms with Gasteiger partial charge in [0.1, 0.15) is 11.3 Å². The van der Waals surface area contributed by atoms with E-state index in [0.29, 0.717) is 37.6 Å². The number of nitrogens with one attached hydrogen (secondary N) is 2. The van der Waals surface area contributed by atoms with E-state index in [4.69, 9.17) is 4.42 Å². The lowest BCUT2D eigenvalue weighted by Crippen LogP contribution is -2.38. The molecule has 0 radical (unpaired) electrons. The summed E-state index contributed by atoms with van der Waals surface area (Å²) < 4.78 is 19.6. The Hall–Kier alpha value is -3.42. The van der Waals surface area contributed by atoms with Gasteiger partial charge >= 0.3 is 0 Å². The first-order valence-electron chi connectivity index (χ1n) is 9.48. The second-order valence-electron chi connectivity index (χ2n) is 7.09. The van der Waals surface area contributed by atoms with E-state index in [0.717, 1.165) is 11.1 Å². The van der Waals surface area contributed by atoms with E-state index in [1.807, 2.05) is 29.2 Å². The summed E-state index contributed by atoms with van der Waals surface area (Å²) >= 11 is 0. The average Bonchev–Trinajstić information content (AvgIpc) is 3.14. The maximum Gasteiger partial charge on any atom is 0.298 e. The van der Waals surface area contributed by atoms with Crippen LogP contribution in [-0.2, 0) is 9.59 Å². The largest absolute Gasteiger partial charge is 0.423 e. The summed E-state index contributed by atoms with van der Waals surface area (Å²) in [6, 6.07) is 12.3. The maximum atomic E-state index is 13.8. The molecule has 3 aromatic rings. The number of hydrogen-bond donors (Lipinski definition) is 2. The third kappa shape index (κ3) is 4.21. The molecule has 2 amide bonds. The third-order valence-electron chi connectivity index (χ3n) is 4.96. The topological polar surface area (TPSA) is 87.5 Å². The number of carbonyl (C=O) groups excluding carboxylic acids is 2. The molecule has 0 aliphatic carbocycles. The van der Waals surface area contributed by atoms with Crippen LogP contribution in [0.25, 0.3) is 11.1 Å². The fraction of sp³-hybridized carbons (Fsp3) is 0.286. The Balaban J connectivity index is 1.37. The summed E-state index contributed by atoms with van der Waals surface area (Å²) in [7, 11) is 0. The van der Waals surface area contributed by atoms with E-state index in [1.54, 1.807) is 0 Å². The second-order valence-corrected chi connectivity index (χ2v) is 7.09. The highest BCUT2D eigenvalue weighted by Gasteiger charge is 2.27. The van der Waals surface area contributed by atoms with Crippen molar-refractivity contribution in [3.63, 3.8) is 0 Å². The number of benzene rings is 2. The molecule has 7 nitrogen and oxygen atoms in total. The van der Waals surface area contributed by atoms with E-state index in [1.165, 1.54) is 25.1 Å². The van der Waals surface area contributed by atoms with Crippen molar-refractivity contribution in [2.45, 2.75) is 19.8 Å². The molecule has 0 spiro atoms. The van der Waals surface area contributed by atoms with Crippen molar-refractivity contribution < 1.29 is 18.4 Å². The third-order valence-corrected chi connectivity index (χ3v) is 4.96. The molecule has 1 aliphatic heterocycles. The van der Waals surface area contributed by atoms with Gasteiger partial charge in [0.25, 0.3) is 6.01 Å². The van der Waals surface area contributed by atoms with Crippen LogP contribution in [0.3, 0.4) is 0 Å². The summed E-state index contributed by atoms with van der Waals surface area (Å²) in [5.41, 5.74) is 2.05. The zero-order chi connectivity index (χ0) is 20.4. The van der Waals surface area contributed by atoms with Crippen molar-refractivity contribution in [1.82, 2.24) is 4.98 Å². The first-order chi connectivity index (χ1) is 14.0. The molecule has 0 bridgehead atoms. The Morgan fingerprint density at radius 3 is 2.62 bits per heavy atom. The van der Waals surface area contributed by atoms with Crippen LogP contribution in [-0.4, -0.2) is 29.9 Å². The Labute approximate surface area is 166 Å². The number of piperidine rings is 1. The van der Waals surface area contributed by atoms with Gasteiger partial charge in [-0.1, -0.05) is 12.1 Å². The van der Waals surface area contributed by atoms with E-state index in [-0.39, 0.29) is 23.4 Å². The molecule has 1 aromatic heterocycles. The number of para-hydroxylation sites is 2. The molecule has 1 aliphatic rings. The van der Waals surface area contributed by atoms with Gasteiger partial charge in [-0.2, -0.15) is 4.98 Å². The van der Waals surface area contributed by atoms with Crippen LogP contribution in [0.2, 0.25) is 0 Å². The number of aromatic nitrogens is 1. The summed E-state index contributed by atoms with van der Waals surface area (Å²) in [5, 5.41) is 5.23. The number of halogens is 1. The summed E-state index contributed by atoms with van der Waals surface area (Å²) in [6.45, 7) is 2.62. The van der Waals surface area contributed by atoms with E-state index in [2.05, 4.69) is 15.6 Å². The molecular formula is C21H21FN4O3. The van der Waals surface area contributed by atoms with Crippen LogP contribution in [0.15, 0.2) is 46.9 Å². The second kappa shape index (κ2) is 7.90. The standard InChI is InChI=1S/C21H21FN4O3/c1-13(27)23-18-12-15(6-7-16(18)22)24-20(28)14-8-10-26(11-9-14)21-25-17-4-2-3-5-19(17)29-21/h2-7,12,14H,8-11H2,1H3,(H,23,27)(H,24,28). The van der Waals surface area contributed by atoms with Gasteiger partial charge in [0.15, 0.2) is 5.58 Å². The molecule has 0 unspecified atom stereocenters. The highest BCUT2D eigenvalue weighted by molar-refractivity contribution is 5.94. The zero-order valence-corrected chi connectivity index (χ0v) is 15.9. The summed E-state index contributed by atoms with van der Waals surface area (Å²) in [4.78, 5) is 30.3. The number of amides is 2. The predicted molar refractivity (Wildman–Crippen MR) is 108 cm³/mol. The lowest BCUT2D eigenvalue weighted by Gasteiger charge is -2.30. The lowest BCUT2D eigenvalue weighted by atomic mass is 9.96. The fourth-order valence-corrected chi connectivity index (χ4v) is 3.46. The molecule has 1 saturated heterocycles. The quantitative estimate of drug-likeness (QED) is 0.701. The average molecular weight is 396 g/mol. The first-order valence-corrected chi connectivity index (χ1v) is 9.48. The van der Waals surface area contributed by atoms with Crippen LogP contribution in [0, 0.1) is 11.7 Å². The number of anilines is 3. The van der Waals surface area contributed by atoms with Crippen LogP contribution in [0.5, 0.6) is 0 Å². The molecule has 0 atom stereocenters. The van der Waals surface area contributed by atoms with Gasteiger partial charge in [0, 0.05) is 31.6 Å². The number of nitrogens with zero attached hydrogens (tertiary/aromatic N) is 2. The van der Waals surface area contributed by atoms with Crippen molar-refractivity contribution in [3.05, 3.63) is 48.3 Å². The Morgan fingerprint density at radius 1 is 1.14 bits per heavy atom. The lowest BCUT2D eigenvalue weighted by molar-refractivity contribution is -0.120. The van der Waals surface area contributed by atoms with E-state index < -0.39 is 5.82 Å². The number of fused-ring (bicyclic) bond motifs is 1. The predicted octanol–water partition coefficient (Wildman–Crippen LogP) is 3.78. The molecule has 29 heavy (non-hydrogen) atoms. The molecule has 150 valence electrons. The van der Waals surface area contributed by atoms with Crippen LogP contribution in [0.4, 0.5) is 21.8 Å². The van der Waals surface area contributed by atoms with Crippen molar-refractivity contribution in [2.75, 3.05) is 28.6 Å². The Morgan fingerprint density at radius 2 is 1.90 bits per heavy atom. The van der Waals surface area contributed by atoms with Crippen molar-refractivity contribution in [1.29, 1.82) is 0 Å². The molecule has 2 heterocycles. The van der Waals surface area contributed by atoms with Crippen LogP contribution >= 0.6 is 0 Å². The number of rotatable bonds is 4. The van der Waals surface area contributed by atoms with Gasteiger partial charge in [-0.3, -0.25) is 9.59 Å². The van der Waals surface area contributed by atoms with Crippen LogP contribution < -0.4 is 15.5 Å². The van der Waals surface area contributed by atoms with Crippen molar-refractivity contribution in [2.24, 2.45) is 5.92 Å². The number of hydrogen-bond acceptors (Lipinski definition) is 5. The first kappa shape index (κ1) is 18.9. The van der Waals surface area contributed by atoms with Gasteiger partial charge in [0.05, 0.1) is 5.69 Å². The van der Waals surface area contributed by atoms with Crippen molar-refractivity contribution in [3.8, 4) is 0 Å². The van der Waals surface area contributed by atoms with Gasteiger partial charge in [-0.15, -0.1) is 0 Å². The molecule has 2 aromatic carbocycles. The van der Waals surface area contributed by atoms with Gasteiger partial charge in [-0.05, 0) is 43.2 Å². The van der Waals surface area contributed by atoms with Gasteiger partial charge in [0.2, 0.25) is 11.8 Å². The SMILES string of the molecule is CC(=O)Nc1cc(NC(=O)C2CCN(c3nc4ccccc4o3)CC2)ccc1F. The maximum absolute atomic E-state index is 13.8. The number of carbonyl (C=O) groups is 2. The van der Waals surface area contributed by atoms with Gasteiger partial charge in [-0.25, -0.2) is 4.39 Å². The minimum atomic E-state index is -0.551. The molecule has 2 N–H and O–H groups in total. The monoisotopic (exact) mass is 396 g/mol. The minimum absolute atomic E-state index is 0.0427. The summed E-state index contributed by atoms with van der Waals surface area (Å²) in [6.07, 6.45) is 1.31. The molecule has 8 heteroatoms. The number of oxazole rings is 1. The van der Waals surface area contributed by atoms with E-state index in [9.17, 15) is 14.0 Å². The molecule has 1 fully saturated rings. The van der Waals surface area contributed by atoms with Crippen molar-refractivity contribution >= 4 is 40.3 Å². The highest BCUT2D eigenvalue weighted by Crippen LogP contribution is 2.27. The smallest absolute Gasteiger partial charge is 0.298 e. The van der Waals surface area contributed by atoms with Gasteiger partial charge < -0.3 is 20.0 Å². The Kier molecular flexibility index (Phi) is 5.16. The minimum Gasteiger partial charge on any atom is -0.423 e. The normalized spacial score (nSPS) is 14.8. The molecular weight excluding hydrogens is 375 g/mol. The molecule has 4 rings (SSSR count). The summed E-state index contributed by atoms with van der Waals surface area (Å²) in [5.74, 6) is -1.21.